The lowest BCUT2D eigenvalue weighted by Crippen LogP contribution is -2.41. The number of hydrogen-bond acceptors (Lipinski definition) is 3. The van der Waals surface area contributed by atoms with Crippen LogP contribution >= 0.6 is 23.8 Å². The van der Waals surface area contributed by atoms with Crippen LogP contribution in [0.4, 0.5) is 14.9 Å². The van der Waals surface area contributed by atoms with Gasteiger partial charge in [-0.1, -0.05) is 23.8 Å². The third kappa shape index (κ3) is 3.68. The van der Waals surface area contributed by atoms with Crippen LogP contribution in [0.15, 0.2) is 48.8 Å². The van der Waals surface area contributed by atoms with Gasteiger partial charge in [0.25, 0.3) is 0 Å². The average molecular weight is 430 g/mol. The highest BCUT2D eigenvalue weighted by atomic mass is 35.5. The van der Waals surface area contributed by atoms with E-state index in [4.69, 9.17) is 29.6 Å². The number of hydrogen-bond donors (Lipinski definition) is 2. The van der Waals surface area contributed by atoms with Crippen LogP contribution in [-0.2, 0) is 13.1 Å². The number of carbonyl (C=O) groups excluding carboxylic acids is 1. The Bertz CT molecular complexity index is 1080. The number of benzene rings is 1. The van der Waals surface area contributed by atoms with Gasteiger partial charge in [0.15, 0.2) is 0 Å². The third-order valence-corrected chi connectivity index (χ3v) is 5.38. The number of thiocarbonyl (C=S) groups is 1. The molecule has 29 heavy (non-hydrogen) atoms. The number of rotatable bonds is 3. The minimum atomic E-state index is -0.363. The van der Waals surface area contributed by atoms with Crippen LogP contribution in [0.25, 0.3) is 11.3 Å². The molecule has 0 fully saturated rings. The van der Waals surface area contributed by atoms with Crippen LogP contribution in [0.5, 0.6) is 0 Å². The van der Waals surface area contributed by atoms with E-state index >= 15 is 0 Å². The van der Waals surface area contributed by atoms with Crippen molar-refractivity contribution in [2.75, 3.05) is 11.9 Å². The molecule has 0 saturated carbocycles. The molecule has 3 heterocycles. The number of halogens is 2. The van der Waals surface area contributed by atoms with E-state index in [1.165, 1.54) is 24.3 Å². The molecule has 0 atom stereocenters. The molecule has 2 aromatic heterocycles. The van der Waals surface area contributed by atoms with Gasteiger partial charge in [-0.25, -0.2) is 9.18 Å². The summed E-state index contributed by atoms with van der Waals surface area (Å²) in [6.45, 7) is 1.29. The van der Waals surface area contributed by atoms with E-state index in [0.29, 0.717) is 35.9 Å². The van der Waals surface area contributed by atoms with Gasteiger partial charge >= 0.3 is 6.03 Å². The van der Waals surface area contributed by atoms with Gasteiger partial charge in [-0.05, 0) is 36.4 Å². The highest BCUT2D eigenvalue weighted by molar-refractivity contribution is 7.80. The van der Waals surface area contributed by atoms with Crippen molar-refractivity contribution in [3.63, 3.8) is 0 Å². The molecule has 1 aliphatic heterocycles. The number of fused-ring (bicyclic) bond motifs is 1. The number of nitrogens with one attached hydrogen (secondary N) is 1. The Balaban J connectivity index is 1.66. The number of amides is 2. The quantitative estimate of drug-likeness (QED) is 0.616. The first kappa shape index (κ1) is 19.4. The number of aromatic nitrogens is 2. The SMILES string of the molecule is NC(=S)c1c(Cl)c(-c2cccnc2)n2c1CN(C(=O)Nc1ccc(F)cc1)CC2. The van der Waals surface area contributed by atoms with Gasteiger partial charge in [0.2, 0.25) is 0 Å². The van der Waals surface area contributed by atoms with E-state index in [1.807, 2.05) is 16.7 Å². The van der Waals surface area contributed by atoms with E-state index in [2.05, 4.69) is 10.3 Å². The van der Waals surface area contributed by atoms with Gasteiger partial charge in [0, 0.05) is 42.4 Å². The normalized spacial score (nSPS) is 13.1. The molecule has 9 heteroatoms. The molecule has 148 valence electrons. The largest absolute Gasteiger partial charge is 0.389 e. The van der Waals surface area contributed by atoms with Crippen LogP contribution in [0.2, 0.25) is 5.02 Å². The highest BCUT2D eigenvalue weighted by Crippen LogP contribution is 2.37. The average Bonchev–Trinajstić information content (AvgIpc) is 3.01. The second-order valence-corrected chi connectivity index (χ2v) is 7.42. The van der Waals surface area contributed by atoms with Gasteiger partial charge in [-0.3, -0.25) is 4.98 Å². The molecule has 4 rings (SSSR count). The first-order chi connectivity index (χ1) is 14.0. The number of nitrogens with zero attached hydrogens (tertiary/aromatic N) is 3. The smallest absolute Gasteiger partial charge is 0.322 e. The van der Waals surface area contributed by atoms with Crippen LogP contribution in [0.3, 0.4) is 0 Å². The summed E-state index contributed by atoms with van der Waals surface area (Å²) in [5.41, 5.74) is 9.46. The Kier molecular flexibility index (Phi) is 5.21. The number of urea groups is 1. The zero-order valence-corrected chi connectivity index (χ0v) is 16.8. The Morgan fingerprint density at radius 1 is 1.24 bits per heavy atom. The molecular weight excluding hydrogens is 413 g/mol. The molecule has 2 amide bonds. The molecule has 0 aliphatic carbocycles. The first-order valence-electron chi connectivity index (χ1n) is 8.88. The topological polar surface area (TPSA) is 76.2 Å². The number of anilines is 1. The van der Waals surface area contributed by atoms with Gasteiger partial charge in [0.05, 0.1) is 22.8 Å². The third-order valence-electron chi connectivity index (χ3n) is 4.81. The van der Waals surface area contributed by atoms with Gasteiger partial charge in [-0.15, -0.1) is 0 Å². The van der Waals surface area contributed by atoms with E-state index in [0.717, 1.165) is 17.0 Å². The number of nitrogens with two attached hydrogens (primary N) is 1. The summed E-state index contributed by atoms with van der Waals surface area (Å²) in [5, 5.41) is 3.23. The summed E-state index contributed by atoms with van der Waals surface area (Å²) in [4.78, 5) is 18.7. The predicted octanol–water partition coefficient (Wildman–Crippen LogP) is 4.02. The maximum absolute atomic E-state index is 13.1. The van der Waals surface area contributed by atoms with Crippen molar-refractivity contribution in [1.82, 2.24) is 14.5 Å². The van der Waals surface area contributed by atoms with Crippen molar-refractivity contribution in [1.29, 1.82) is 0 Å². The first-order valence-corrected chi connectivity index (χ1v) is 9.67. The molecule has 1 aliphatic rings. The molecule has 3 N–H and O–H groups in total. The van der Waals surface area contributed by atoms with Crippen molar-refractivity contribution in [2.24, 2.45) is 5.73 Å². The lowest BCUT2D eigenvalue weighted by Gasteiger charge is -2.30. The highest BCUT2D eigenvalue weighted by Gasteiger charge is 2.30. The predicted molar refractivity (Wildman–Crippen MR) is 114 cm³/mol. The van der Waals surface area contributed by atoms with E-state index in [9.17, 15) is 9.18 Å². The van der Waals surface area contributed by atoms with Crippen LogP contribution in [0, 0.1) is 5.82 Å². The summed E-state index contributed by atoms with van der Waals surface area (Å²) >= 11 is 11.9. The lowest BCUT2D eigenvalue weighted by molar-refractivity contribution is 0.197. The zero-order valence-electron chi connectivity index (χ0n) is 15.2. The minimum Gasteiger partial charge on any atom is -0.389 e. The second kappa shape index (κ2) is 7.81. The van der Waals surface area contributed by atoms with Gasteiger partial charge < -0.3 is 20.5 Å². The molecular formula is C20H17ClFN5OS. The van der Waals surface area contributed by atoms with Crippen molar-refractivity contribution < 1.29 is 9.18 Å². The fourth-order valence-corrected chi connectivity index (χ4v) is 4.17. The minimum absolute atomic E-state index is 0.176. The Labute approximate surface area is 177 Å². The maximum Gasteiger partial charge on any atom is 0.322 e. The monoisotopic (exact) mass is 429 g/mol. The molecule has 0 bridgehead atoms. The zero-order chi connectivity index (χ0) is 20.5. The van der Waals surface area contributed by atoms with Crippen LogP contribution < -0.4 is 11.1 Å². The van der Waals surface area contributed by atoms with Crippen LogP contribution in [-0.4, -0.2) is 32.0 Å². The fraction of sp³-hybridized carbons (Fsp3) is 0.150. The summed E-state index contributed by atoms with van der Waals surface area (Å²) in [6, 6.07) is 9.06. The molecule has 0 saturated heterocycles. The lowest BCUT2D eigenvalue weighted by atomic mass is 10.2. The summed E-state index contributed by atoms with van der Waals surface area (Å²) < 4.78 is 15.1. The summed E-state index contributed by atoms with van der Waals surface area (Å²) in [5.74, 6) is -0.363. The van der Waals surface area contributed by atoms with Gasteiger partial charge in [0.1, 0.15) is 10.8 Å². The Morgan fingerprint density at radius 2 is 2.00 bits per heavy atom. The van der Waals surface area contributed by atoms with E-state index < -0.39 is 0 Å². The Morgan fingerprint density at radius 3 is 2.66 bits per heavy atom. The summed E-state index contributed by atoms with van der Waals surface area (Å²) in [6.07, 6.45) is 3.42. The maximum atomic E-state index is 13.1. The number of pyridine rings is 1. The number of carbonyl (C=O) groups is 1. The van der Waals surface area contributed by atoms with Crippen molar-refractivity contribution in [3.8, 4) is 11.3 Å². The Hall–Kier alpha value is -2.97. The molecule has 0 spiro atoms. The second-order valence-electron chi connectivity index (χ2n) is 6.60. The molecule has 3 aromatic rings. The van der Waals surface area contributed by atoms with E-state index in [1.54, 1.807) is 17.3 Å². The molecule has 1 aromatic carbocycles. The molecule has 6 nitrogen and oxygen atoms in total. The van der Waals surface area contributed by atoms with Crippen molar-refractivity contribution in [2.45, 2.75) is 13.1 Å². The standard InChI is InChI=1S/C20H17ClFN5OS/c21-17-16(19(23)29)15-11-26(20(28)25-14-5-3-13(22)4-6-14)8-9-27(15)18(17)12-2-1-7-24-10-12/h1-7,10H,8-9,11H2,(H2,23,29)(H,25,28). The van der Waals surface area contributed by atoms with Crippen molar-refractivity contribution in [3.05, 3.63) is 70.9 Å². The van der Waals surface area contributed by atoms with Crippen LogP contribution in [0.1, 0.15) is 11.3 Å². The van der Waals surface area contributed by atoms with Crippen molar-refractivity contribution >= 4 is 40.5 Å². The molecule has 0 radical (unpaired) electrons. The van der Waals surface area contributed by atoms with E-state index in [-0.39, 0.29) is 16.8 Å². The van der Waals surface area contributed by atoms with Gasteiger partial charge in [-0.2, -0.15) is 0 Å². The molecule has 0 unspecified atom stereocenters. The fourth-order valence-electron chi connectivity index (χ4n) is 3.47. The summed E-state index contributed by atoms with van der Waals surface area (Å²) in [7, 11) is 0.